The first-order valence-electron chi connectivity index (χ1n) is 11.0. The molecule has 3 unspecified atom stereocenters. The molecule has 0 radical (unpaired) electrons. The Morgan fingerprint density at radius 3 is 2.41 bits per heavy atom. The van der Waals surface area contributed by atoms with Gasteiger partial charge in [-0.2, -0.15) is 0 Å². The molecule has 0 saturated heterocycles. The van der Waals surface area contributed by atoms with Crippen molar-refractivity contribution in [2.75, 3.05) is 11.9 Å². The summed E-state index contributed by atoms with van der Waals surface area (Å²) in [5, 5.41) is 2.82. The Labute approximate surface area is 182 Å². The van der Waals surface area contributed by atoms with Crippen molar-refractivity contribution >= 4 is 33.5 Å². The third-order valence-electron chi connectivity index (χ3n) is 7.37. The van der Waals surface area contributed by atoms with Crippen LogP contribution in [0.4, 0.5) is 5.69 Å². The summed E-state index contributed by atoms with van der Waals surface area (Å²) < 4.78 is 5.59. The SMILES string of the molecule is CCC(C)c1ccc(NC(=O)COC(=O)CC23CC4CC(CC(Br)(C4)C2)C3)cc1. The molecule has 0 aromatic heterocycles. The number of carbonyl (C=O) groups excluding carboxylic acids is 2. The zero-order valence-corrected chi connectivity index (χ0v) is 19.1. The lowest BCUT2D eigenvalue weighted by Gasteiger charge is -2.60. The molecule has 0 aliphatic heterocycles. The number of carbonyl (C=O) groups is 2. The smallest absolute Gasteiger partial charge is 0.306 e. The van der Waals surface area contributed by atoms with Gasteiger partial charge in [0.2, 0.25) is 0 Å². The third kappa shape index (κ3) is 4.70. The van der Waals surface area contributed by atoms with Crippen LogP contribution in [0.15, 0.2) is 24.3 Å². The Kier molecular flexibility index (Phi) is 5.80. The van der Waals surface area contributed by atoms with E-state index in [1.54, 1.807) is 0 Å². The van der Waals surface area contributed by atoms with E-state index in [1.807, 2.05) is 24.3 Å². The highest BCUT2D eigenvalue weighted by atomic mass is 79.9. The van der Waals surface area contributed by atoms with Gasteiger partial charge in [-0.3, -0.25) is 9.59 Å². The maximum atomic E-state index is 12.5. The van der Waals surface area contributed by atoms with Gasteiger partial charge in [0.15, 0.2) is 6.61 Å². The van der Waals surface area contributed by atoms with E-state index >= 15 is 0 Å². The molecule has 4 nitrogen and oxygen atoms in total. The normalized spacial score (nSPS) is 33.3. The molecule has 1 N–H and O–H groups in total. The Morgan fingerprint density at radius 1 is 1.17 bits per heavy atom. The maximum absolute atomic E-state index is 12.5. The summed E-state index contributed by atoms with van der Waals surface area (Å²) in [6.07, 6.45) is 8.70. The van der Waals surface area contributed by atoms with Gasteiger partial charge in [0, 0.05) is 10.0 Å². The number of amides is 1. The van der Waals surface area contributed by atoms with Crippen LogP contribution in [0.5, 0.6) is 0 Å². The average molecular weight is 462 g/mol. The first kappa shape index (κ1) is 20.9. The van der Waals surface area contributed by atoms with E-state index in [0.29, 0.717) is 12.3 Å². The van der Waals surface area contributed by atoms with Crippen LogP contribution in [-0.2, 0) is 14.3 Å². The summed E-state index contributed by atoms with van der Waals surface area (Å²) in [5.74, 6) is 1.47. The van der Waals surface area contributed by atoms with Crippen LogP contribution < -0.4 is 5.32 Å². The average Bonchev–Trinajstić information content (AvgIpc) is 2.64. The topological polar surface area (TPSA) is 55.4 Å². The van der Waals surface area contributed by atoms with Crippen molar-refractivity contribution in [1.29, 1.82) is 0 Å². The van der Waals surface area contributed by atoms with Crippen LogP contribution in [0, 0.1) is 17.3 Å². The molecule has 5 heteroatoms. The molecule has 158 valence electrons. The minimum Gasteiger partial charge on any atom is -0.456 e. The predicted octanol–water partition coefficient (Wildman–Crippen LogP) is 5.81. The second-order valence-electron chi connectivity index (χ2n) is 9.93. The zero-order chi connectivity index (χ0) is 20.6. The minimum absolute atomic E-state index is 0.0763. The van der Waals surface area contributed by atoms with Crippen molar-refractivity contribution < 1.29 is 14.3 Å². The fraction of sp³-hybridized carbons (Fsp3) is 0.667. The number of anilines is 1. The second kappa shape index (κ2) is 8.05. The maximum Gasteiger partial charge on any atom is 0.306 e. The van der Waals surface area contributed by atoms with Crippen molar-refractivity contribution in [2.45, 2.75) is 75.5 Å². The highest BCUT2D eigenvalue weighted by Crippen LogP contribution is 2.65. The van der Waals surface area contributed by atoms with Gasteiger partial charge >= 0.3 is 5.97 Å². The zero-order valence-electron chi connectivity index (χ0n) is 17.5. The number of halogens is 1. The summed E-state index contributed by atoms with van der Waals surface area (Å²) in [4.78, 5) is 24.7. The van der Waals surface area contributed by atoms with Crippen LogP contribution in [0.3, 0.4) is 0 Å². The molecule has 1 aromatic carbocycles. The molecule has 4 bridgehead atoms. The van der Waals surface area contributed by atoms with Gasteiger partial charge < -0.3 is 10.1 Å². The predicted molar refractivity (Wildman–Crippen MR) is 118 cm³/mol. The number of esters is 1. The van der Waals surface area contributed by atoms with Crippen molar-refractivity contribution in [3.8, 4) is 0 Å². The van der Waals surface area contributed by atoms with Gasteiger partial charge in [-0.15, -0.1) is 0 Å². The van der Waals surface area contributed by atoms with E-state index in [4.69, 9.17) is 4.74 Å². The molecule has 4 fully saturated rings. The first-order chi connectivity index (χ1) is 13.8. The van der Waals surface area contributed by atoms with E-state index in [9.17, 15) is 9.59 Å². The molecule has 4 saturated carbocycles. The molecule has 5 rings (SSSR count). The Hall–Kier alpha value is -1.36. The number of nitrogens with one attached hydrogen (secondary N) is 1. The van der Waals surface area contributed by atoms with Crippen molar-refractivity contribution in [3.05, 3.63) is 29.8 Å². The third-order valence-corrected chi connectivity index (χ3v) is 8.30. The molecular formula is C24H32BrNO3. The van der Waals surface area contributed by atoms with E-state index in [-0.39, 0.29) is 28.2 Å². The van der Waals surface area contributed by atoms with E-state index < -0.39 is 0 Å². The van der Waals surface area contributed by atoms with Gasteiger partial charge in [-0.1, -0.05) is 41.9 Å². The molecule has 3 atom stereocenters. The highest BCUT2D eigenvalue weighted by Gasteiger charge is 2.57. The standard InChI is InChI=1S/C24H32BrNO3/c1-3-16(2)19-4-6-20(7-5-19)26-21(27)14-29-22(28)13-23-9-17-8-18(10-23)12-24(25,11-17)15-23/h4-7,16-18H,3,8-15H2,1-2H3,(H,26,27). The molecule has 4 aliphatic rings. The molecule has 1 aromatic rings. The van der Waals surface area contributed by atoms with Crippen LogP contribution in [-0.4, -0.2) is 22.8 Å². The summed E-state index contributed by atoms with van der Waals surface area (Å²) in [6.45, 7) is 4.14. The summed E-state index contributed by atoms with van der Waals surface area (Å²) in [7, 11) is 0. The Balaban J connectivity index is 1.26. The molecular weight excluding hydrogens is 430 g/mol. The number of hydrogen-bond donors (Lipinski definition) is 1. The minimum atomic E-state index is -0.280. The lowest BCUT2D eigenvalue weighted by molar-refractivity contribution is -0.153. The summed E-state index contributed by atoms with van der Waals surface area (Å²) in [6, 6.07) is 7.90. The van der Waals surface area contributed by atoms with E-state index in [1.165, 1.54) is 24.8 Å². The fourth-order valence-corrected chi connectivity index (χ4v) is 7.88. The van der Waals surface area contributed by atoms with Crippen LogP contribution in [0.1, 0.15) is 76.7 Å². The van der Waals surface area contributed by atoms with E-state index in [2.05, 4.69) is 35.1 Å². The monoisotopic (exact) mass is 461 g/mol. The molecule has 1 amide bonds. The van der Waals surface area contributed by atoms with E-state index in [0.717, 1.165) is 43.2 Å². The molecule has 0 heterocycles. The number of ether oxygens (including phenoxy) is 1. The number of benzene rings is 1. The second-order valence-corrected chi connectivity index (χ2v) is 11.6. The first-order valence-corrected chi connectivity index (χ1v) is 11.8. The van der Waals surface area contributed by atoms with Crippen molar-refractivity contribution in [3.63, 3.8) is 0 Å². The largest absolute Gasteiger partial charge is 0.456 e. The van der Waals surface area contributed by atoms with Gasteiger partial charge in [-0.25, -0.2) is 0 Å². The van der Waals surface area contributed by atoms with Gasteiger partial charge in [-0.05, 0) is 85.8 Å². The van der Waals surface area contributed by atoms with Gasteiger partial charge in [0.25, 0.3) is 5.91 Å². The molecule has 4 aliphatic carbocycles. The van der Waals surface area contributed by atoms with Crippen LogP contribution >= 0.6 is 15.9 Å². The molecule has 29 heavy (non-hydrogen) atoms. The summed E-state index contributed by atoms with van der Waals surface area (Å²) in [5.41, 5.74) is 2.07. The summed E-state index contributed by atoms with van der Waals surface area (Å²) >= 11 is 3.98. The Bertz CT molecular complexity index is 761. The fourth-order valence-electron chi connectivity index (χ4n) is 6.37. The number of alkyl halides is 1. The lowest BCUT2D eigenvalue weighted by Crippen LogP contribution is -2.53. The quantitative estimate of drug-likeness (QED) is 0.411. The van der Waals surface area contributed by atoms with Crippen molar-refractivity contribution in [1.82, 2.24) is 0 Å². The van der Waals surface area contributed by atoms with Crippen molar-refractivity contribution in [2.24, 2.45) is 17.3 Å². The molecule has 0 spiro atoms. The lowest BCUT2D eigenvalue weighted by atomic mass is 9.49. The Morgan fingerprint density at radius 2 is 1.83 bits per heavy atom. The van der Waals surface area contributed by atoms with Crippen LogP contribution in [0.25, 0.3) is 0 Å². The van der Waals surface area contributed by atoms with Crippen LogP contribution in [0.2, 0.25) is 0 Å². The number of hydrogen-bond acceptors (Lipinski definition) is 3. The number of rotatable bonds is 7. The van der Waals surface area contributed by atoms with Gasteiger partial charge in [0.05, 0.1) is 6.42 Å². The highest BCUT2D eigenvalue weighted by molar-refractivity contribution is 9.10. The van der Waals surface area contributed by atoms with Gasteiger partial charge in [0.1, 0.15) is 0 Å².